The van der Waals surface area contributed by atoms with Crippen molar-refractivity contribution < 1.29 is 19.0 Å². The van der Waals surface area contributed by atoms with Gasteiger partial charge in [0.15, 0.2) is 5.78 Å². The summed E-state index contributed by atoms with van der Waals surface area (Å²) in [7, 11) is 3.35. The smallest absolute Gasteiger partial charge is 0.162 e. The van der Waals surface area contributed by atoms with E-state index in [2.05, 4.69) is 6.58 Å². The monoisotopic (exact) mass is 280 g/mol. The lowest BCUT2D eigenvalue weighted by molar-refractivity contribution is -0.122. The SMILES string of the molecule is C=CCC1CC2(OC)CC(C(C)(C)OC)OC2=CC1=O. The maximum atomic E-state index is 12.1. The summed E-state index contributed by atoms with van der Waals surface area (Å²) in [6, 6.07) is 0. The summed E-state index contributed by atoms with van der Waals surface area (Å²) in [5.74, 6) is 0.688. The zero-order valence-corrected chi connectivity index (χ0v) is 12.8. The van der Waals surface area contributed by atoms with Crippen molar-refractivity contribution in [1.82, 2.24) is 0 Å². The molecule has 0 aromatic carbocycles. The number of methoxy groups -OCH3 is 2. The van der Waals surface area contributed by atoms with Crippen molar-refractivity contribution in [2.45, 2.75) is 50.4 Å². The minimum Gasteiger partial charge on any atom is -0.488 e. The molecule has 0 bridgehead atoms. The molecule has 0 saturated carbocycles. The van der Waals surface area contributed by atoms with Crippen molar-refractivity contribution >= 4 is 5.78 Å². The molecule has 4 heteroatoms. The zero-order chi connectivity index (χ0) is 15.0. The van der Waals surface area contributed by atoms with Crippen molar-refractivity contribution in [2.75, 3.05) is 14.2 Å². The second kappa shape index (κ2) is 5.34. The van der Waals surface area contributed by atoms with Crippen molar-refractivity contribution in [3.8, 4) is 0 Å². The number of hydrogen-bond acceptors (Lipinski definition) is 4. The lowest BCUT2D eigenvalue weighted by atomic mass is 9.77. The molecule has 1 fully saturated rings. The third kappa shape index (κ3) is 2.42. The van der Waals surface area contributed by atoms with Crippen LogP contribution in [0.3, 0.4) is 0 Å². The van der Waals surface area contributed by atoms with E-state index in [4.69, 9.17) is 14.2 Å². The molecule has 0 amide bonds. The molecule has 0 spiro atoms. The van der Waals surface area contributed by atoms with Crippen molar-refractivity contribution in [3.05, 3.63) is 24.5 Å². The third-order valence-corrected chi connectivity index (χ3v) is 4.63. The van der Waals surface area contributed by atoms with Gasteiger partial charge in [-0.2, -0.15) is 0 Å². The Balaban J connectivity index is 2.29. The number of fused-ring (bicyclic) bond motifs is 1. The van der Waals surface area contributed by atoms with Crippen LogP contribution in [0.2, 0.25) is 0 Å². The number of hydrogen-bond donors (Lipinski definition) is 0. The summed E-state index contributed by atoms with van der Waals surface area (Å²) in [5.41, 5.74) is -0.914. The average Bonchev–Trinajstić information content (AvgIpc) is 2.79. The number of allylic oxidation sites excluding steroid dienone is 2. The summed E-state index contributed by atoms with van der Waals surface area (Å²) in [4.78, 5) is 12.1. The van der Waals surface area contributed by atoms with Crippen molar-refractivity contribution in [1.29, 1.82) is 0 Å². The van der Waals surface area contributed by atoms with E-state index in [1.54, 1.807) is 26.4 Å². The molecule has 1 saturated heterocycles. The molecule has 2 rings (SSSR count). The van der Waals surface area contributed by atoms with Gasteiger partial charge in [-0.1, -0.05) is 6.08 Å². The fraction of sp³-hybridized carbons (Fsp3) is 0.688. The molecule has 4 nitrogen and oxygen atoms in total. The predicted molar refractivity (Wildman–Crippen MR) is 76.3 cm³/mol. The summed E-state index contributed by atoms with van der Waals surface area (Å²) in [6.45, 7) is 7.70. The van der Waals surface area contributed by atoms with Crippen LogP contribution < -0.4 is 0 Å². The first-order valence-corrected chi connectivity index (χ1v) is 7.02. The van der Waals surface area contributed by atoms with Gasteiger partial charge in [-0.25, -0.2) is 0 Å². The van der Waals surface area contributed by atoms with Gasteiger partial charge < -0.3 is 14.2 Å². The highest BCUT2D eigenvalue weighted by Crippen LogP contribution is 2.47. The molecule has 0 N–H and O–H groups in total. The van der Waals surface area contributed by atoms with Crippen LogP contribution in [0.25, 0.3) is 0 Å². The minimum absolute atomic E-state index is 0.0655. The topological polar surface area (TPSA) is 44.8 Å². The molecule has 0 aromatic rings. The second-order valence-electron chi connectivity index (χ2n) is 6.15. The Morgan fingerprint density at radius 3 is 2.75 bits per heavy atom. The van der Waals surface area contributed by atoms with E-state index in [0.717, 1.165) is 0 Å². The van der Waals surface area contributed by atoms with Crippen LogP contribution in [0, 0.1) is 5.92 Å². The fourth-order valence-electron chi connectivity index (χ4n) is 2.98. The molecule has 1 aliphatic carbocycles. The largest absolute Gasteiger partial charge is 0.488 e. The Morgan fingerprint density at radius 2 is 2.20 bits per heavy atom. The van der Waals surface area contributed by atoms with E-state index < -0.39 is 11.2 Å². The highest BCUT2D eigenvalue weighted by atomic mass is 16.6. The number of carbonyl (C=O) groups is 1. The van der Waals surface area contributed by atoms with Crippen LogP contribution >= 0.6 is 0 Å². The fourth-order valence-corrected chi connectivity index (χ4v) is 2.98. The number of ketones is 1. The lowest BCUT2D eigenvalue weighted by Crippen LogP contribution is -2.41. The Hall–Kier alpha value is -1.13. The van der Waals surface area contributed by atoms with E-state index in [-0.39, 0.29) is 17.8 Å². The minimum atomic E-state index is -0.498. The van der Waals surface area contributed by atoms with Crippen molar-refractivity contribution in [2.24, 2.45) is 5.92 Å². The molecular weight excluding hydrogens is 256 g/mol. The molecule has 0 radical (unpaired) electrons. The summed E-state index contributed by atoms with van der Waals surface area (Å²) < 4.78 is 17.2. The number of carbonyl (C=O) groups excluding carboxylic acids is 1. The maximum absolute atomic E-state index is 12.1. The first-order valence-electron chi connectivity index (χ1n) is 7.02. The Bertz CT molecular complexity index is 438. The van der Waals surface area contributed by atoms with Gasteiger partial charge in [0.2, 0.25) is 0 Å². The van der Waals surface area contributed by atoms with Crippen LogP contribution in [0.5, 0.6) is 0 Å². The molecule has 0 aromatic heterocycles. The average molecular weight is 280 g/mol. The molecule has 2 aliphatic rings. The van der Waals surface area contributed by atoms with Gasteiger partial charge in [0.25, 0.3) is 0 Å². The van der Waals surface area contributed by atoms with Crippen LogP contribution in [0.1, 0.15) is 33.1 Å². The van der Waals surface area contributed by atoms with Gasteiger partial charge in [0.05, 0.1) is 5.60 Å². The van der Waals surface area contributed by atoms with Gasteiger partial charge in [-0.05, 0) is 26.7 Å². The normalized spacial score (nSPS) is 33.4. The zero-order valence-electron chi connectivity index (χ0n) is 12.8. The van der Waals surface area contributed by atoms with Gasteiger partial charge in [-0.3, -0.25) is 4.79 Å². The molecular formula is C16H24O4. The van der Waals surface area contributed by atoms with Crippen LogP contribution in [0.15, 0.2) is 24.5 Å². The molecule has 3 atom stereocenters. The highest BCUT2D eigenvalue weighted by molar-refractivity contribution is 5.93. The summed E-state index contributed by atoms with van der Waals surface area (Å²) in [5, 5.41) is 0. The molecule has 3 unspecified atom stereocenters. The van der Waals surface area contributed by atoms with Gasteiger partial charge in [0, 0.05) is 32.6 Å². The molecule has 112 valence electrons. The standard InChI is InChI=1S/C16H24O4/c1-6-7-11-9-16(19-5)10-14(15(2,3)18-4)20-13(16)8-12(11)17/h6,8,11,14H,1,7,9-10H2,2-5H3. The highest BCUT2D eigenvalue weighted by Gasteiger charge is 2.54. The van der Waals surface area contributed by atoms with Crippen LogP contribution in [0.4, 0.5) is 0 Å². The van der Waals surface area contributed by atoms with E-state index in [1.807, 2.05) is 13.8 Å². The Kier molecular flexibility index (Phi) is 4.07. The number of ether oxygens (including phenoxy) is 3. The number of rotatable bonds is 5. The van der Waals surface area contributed by atoms with E-state index in [0.29, 0.717) is 25.0 Å². The molecule has 1 heterocycles. The van der Waals surface area contributed by atoms with E-state index in [1.165, 1.54) is 0 Å². The van der Waals surface area contributed by atoms with Crippen LogP contribution in [-0.2, 0) is 19.0 Å². The Labute approximate surface area is 120 Å². The summed E-state index contributed by atoms with van der Waals surface area (Å²) >= 11 is 0. The first-order chi connectivity index (χ1) is 9.38. The Morgan fingerprint density at radius 1 is 1.50 bits per heavy atom. The van der Waals surface area contributed by atoms with E-state index >= 15 is 0 Å². The van der Waals surface area contributed by atoms with E-state index in [9.17, 15) is 4.79 Å². The second-order valence-corrected chi connectivity index (χ2v) is 6.15. The lowest BCUT2D eigenvalue weighted by Gasteiger charge is -2.33. The van der Waals surface area contributed by atoms with Gasteiger partial charge >= 0.3 is 0 Å². The predicted octanol–water partition coefficient (Wildman–Crippen LogP) is 2.63. The summed E-state index contributed by atoms with van der Waals surface area (Å²) in [6.07, 6.45) is 5.30. The third-order valence-electron chi connectivity index (χ3n) is 4.63. The molecule has 20 heavy (non-hydrogen) atoms. The van der Waals surface area contributed by atoms with Crippen LogP contribution in [-0.4, -0.2) is 37.3 Å². The quantitative estimate of drug-likeness (QED) is 0.726. The maximum Gasteiger partial charge on any atom is 0.162 e. The van der Waals surface area contributed by atoms with Gasteiger partial charge in [0.1, 0.15) is 17.5 Å². The molecule has 1 aliphatic heterocycles. The van der Waals surface area contributed by atoms with Crippen molar-refractivity contribution in [3.63, 3.8) is 0 Å². The first kappa shape index (κ1) is 15.3. The van der Waals surface area contributed by atoms with Gasteiger partial charge in [-0.15, -0.1) is 6.58 Å².